The van der Waals surface area contributed by atoms with Crippen molar-refractivity contribution in [2.45, 2.75) is 25.9 Å². The Balaban J connectivity index is 2.03. The van der Waals surface area contributed by atoms with Crippen molar-refractivity contribution in [3.8, 4) is 17.6 Å². The van der Waals surface area contributed by atoms with Gasteiger partial charge in [0.1, 0.15) is 20.0 Å². The van der Waals surface area contributed by atoms with E-state index in [4.69, 9.17) is 22.1 Å². The minimum absolute atomic E-state index is 0.122. The van der Waals surface area contributed by atoms with Crippen molar-refractivity contribution in [2.24, 2.45) is 0 Å². The summed E-state index contributed by atoms with van der Waals surface area (Å²) in [5, 5.41) is 9.27. The molecule has 1 aliphatic rings. The Morgan fingerprint density at radius 1 is 1.42 bits per heavy atom. The standard InChI is InChI=1S/C17H19BN2O4/c1-11(2)23-17(21)20-6-4-14(5-7-20)24-16-12(10-19)8-13(18)9-15(16)22-3/h8-9,14H,1,4-7H2,2-3H3. The maximum atomic E-state index is 11.8. The summed E-state index contributed by atoms with van der Waals surface area (Å²) in [5.41, 5.74) is 0.768. The fraction of sp³-hybridized carbons (Fsp3) is 0.412. The van der Waals surface area contributed by atoms with Gasteiger partial charge in [-0.3, -0.25) is 0 Å². The number of allylic oxidation sites excluding steroid dienone is 1. The van der Waals surface area contributed by atoms with Crippen LogP contribution < -0.4 is 14.9 Å². The number of methoxy groups -OCH3 is 1. The van der Waals surface area contributed by atoms with Crippen molar-refractivity contribution in [2.75, 3.05) is 20.2 Å². The molecule has 7 heteroatoms. The molecule has 1 fully saturated rings. The lowest BCUT2D eigenvalue weighted by molar-refractivity contribution is 0.0805. The molecule has 0 spiro atoms. The van der Waals surface area contributed by atoms with Gasteiger partial charge in [0.15, 0.2) is 11.5 Å². The second kappa shape index (κ2) is 7.78. The third-order valence-corrected chi connectivity index (χ3v) is 3.66. The van der Waals surface area contributed by atoms with Crippen LogP contribution in [0.1, 0.15) is 25.3 Å². The molecule has 6 nitrogen and oxygen atoms in total. The summed E-state index contributed by atoms with van der Waals surface area (Å²) in [5.74, 6) is 1.18. The van der Waals surface area contributed by atoms with E-state index in [-0.39, 0.29) is 6.10 Å². The smallest absolute Gasteiger partial charge is 0.414 e. The fourth-order valence-corrected chi connectivity index (χ4v) is 2.52. The summed E-state index contributed by atoms with van der Waals surface area (Å²) >= 11 is 0. The molecule has 2 rings (SSSR count). The molecule has 124 valence electrons. The molecule has 1 saturated heterocycles. The zero-order valence-electron chi connectivity index (χ0n) is 13.9. The lowest BCUT2D eigenvalue weighted by atomic mass is 9.93. The lowest BCUT2D eigenvalue weighted by Gasteiger charge is -2.32. The fourth-order valence-electron chi connectivity index (χ4n) is 2.52. The minimum Gasteiger partial charge on any atom is -0.493 e. The Labute approximate surface area is 143 Å². The first kappa shape index (κ1) is 17.7. The third kappa shape index (κ3) is 4.22. The van der Waals surface area contributed by atoms with Crippen molar-refractivity contribution in [3.05, 3.63) is 30.0 Å². The van der Waals surface area contributed by atoms with Crippen LogP contribution in [-0.4, -0.2) is 45.1 Å². The van der Waals surface area contributed by atoms with Crippen molar-refractivity contribution < 1.29 is 19.0 Å². The molecule has 1 aromatic rings. The van der Waals surface area contributed by atoms with Gasteiger partial charge in [0, 0.05) is 25.9 Å². The van der Waals surface area contributed by atoms with Gasteiger partial charge in [-0.05, 0) is 19.1 Å². The largest absolute Gasteiger partial charge is 0.493 e. The molecule has 0 unspecified atom stereocenters. The van der Waals surface area contributed by atoms with E-state index < -0.39 is 6.09 Å². The molecule has 1 aliphatic heterocycles. The van der Waals surface area contributed by atoms with Gasteiger partial charge in [0.05, 0.1) is 18.4 Å². The molecule has 0 bridgehead atoms. The monoisotopic (exact) mass is 326 g/mol. The Hall–Kier alpha value is -2.62. The number of rotatable bonds is 4. The van der Waals surface area contributed by atoms with Crippen molar-refractivity contribution in [1.82, 2.24) is 4.90 Å². The van der Waals surface area contributed by atoms with Crippen LogP contribution in [0, 0.1) is 11.3 Å². The van der Waals surface area contributed by atoms with E-state index in [0.717, 1.165) is 0 Å². The van der Waals surface area contributed by atoms with Crippen molar-refractivity contribution >= 4 is 19.4 Å². The Morgan fingerprint density at radius 3 is 2.62 bits per heavy atom. The summed E-state index contributed by atoms with van der Waals surface area (Å²) in [6.45, 7) is 6.21. The number of nitriles is 1. The SMILES string of the molecule is [B]c1cc(C#N)c(OC2CCN(C(=O)OC(=C)C)CC2)c(OC)c1. The van der Waals surface area contributed by atoms with Crippen LogP contribution in [0.15, 0.2) is 24.5 Å². The topological polar surface area (TPSA) is 71.8 Å². The van der Waals surface area contributed by atoms with E-state index in [9.17, 15) is 10.1 Å². The molecule has 2 radical (unpaired) electrons. The van der Waals surface area contributed by atoms with E-state index >= 15 is 0 Å². The van der Waals surface area contributed by atoms with Crippen LogP contribution in [0.4, 0.5) is 4.79 Å². The first-order valence-electron chi connectivity index (χ1n) is 7.61. The van der Waals surface area contributed by atoms with Crippen LogP contribution in [0.3, 0.4) is 0 Å². The highest BCUT2D eigenvalue weighted by Crippen LogP contribution is 2.32. The number of ether oxygens (including phenoxy) is 3. The summed E-state index contributed by atoms with van der Waals surface area (Å²) in [7, 11) is 7.25. The van der Waals surface area contributed by atoms with E-state index in [1.165, 1.54) is 7.11 Å². The zero-order chi connectivity index (χ0) is 17.7. The number of carbonyl (C=O) groups excluding carboxylic acids is 1. The molecule has 1 heterocycles. The second-order valence-corrected chi connectivity index (χ2v) is 5.59. The first-order chi connectivity index (χ1) is 11.4. The average molecular weight is 326 g/mol. The molecular weight excluding hydrogens is 307 g/mol. The highest BCUT2D eigenvalue weighted by Gasteiger charge is 2.26. The first-order valence-corrected chi connectivity index (χ1v) is 7.61. The molecule has 1 aromatic carbocycles. The van der Waals surface area contributed by atoms with Gasteiger partial charge in [-0.2, -0.15) is 5.26 Å². The number of carbonyl (C=O) groups is 1. The molecule has 1 amide bonds. The van der Waals surface area contributed by atoms with Crippen molar-refractivity contribution in [1.29, 1.82) is 5.26 Å². The molecule has 0 aromatic heterocycles. The van der Waals surface area contributed by atoms with Gasteiger partial charge in [0.2, 0.25) is 0 Å². The minimum atomic E-state index is -0.399. The number of amides is 1. The van der Waals surface area contributed by atoms with Crippen LogP contribution in [0.25, 0.3) is 0 Å². The second-order valence-electron chi connectivity index (χ2n) is 5.59. The van der Waals surface area contributed by atoms with E-state index in [0.29, 0.717) is 54.2 Å². The normalized spacial score (nSPS) is 14.6. The zero-order valence-corrected chi connectivity index (χ0v) is 13.9. The van der Waals surface area contributed by atoms with Gasteiger partial charge in [0.25, 0.3) is 0 Å². The average Bonchev–Trinajstić information content (AvgIpc) is 2.55. The van der Waals surface area contributed by atoms with E-state index in [1.54, 1.807) is 24.0 Å². The molecule has 0 atom stereocenters. The van der Waals surface area contributed by atoms with E-state index in [1.807, 2.05) is 0 Å². The number of hydrogen-bond acceptors (Lipinski definition) is 5. The van der Waals surface area contributed by atoms with Gasteiger partial charge in [-0.15, -0.1) is 0 Å². The summed E-state index contributed by atoms with van der Waals surface area (Å²) < 4.78 is 16.2. The van der Waals surface area contributed by atoms with E-state index in [2.05, 4.69) is 12.6 Å². The van der Waals surface area contributed by atoms with Gasteiger partial charge in [-0.25, -0.2) is 4.79 Å². The number of hydrogen-bond donors (Lipinski definition) is 0. The summed E-state index contributed by atoms with van der Waals surface area (Å²) in [4.78, 5) is 13.4. The molecular formula is C17H19BN2O4. The van der Waals surface area contributed by atoms with Crippen LogP contribution >= 0.6 is 0 Å². The number of likely N-dealkylation sites (tertiary alicyclic amines) is 1. The Bertz CT molecular complexity index is 676. The number of nitrogens with zero attached hydrogens (tertiary/aromatic N) is 2. The summed E-state index contributed by atoms with van der Waals surface area (Å²) in [6.07, 6.45) is 0.736. The van der Waals surface area contributed by atoms with Gasteiger partial charge >= 0.3 is 6.09 Å². The maximum absolute atomic E-state index is 11.8. The highest BCUT2D eigenvalue weighted by atomic mass is 16.6. The van der Waals surface area contributed by atoms with Crippen LogP contribution in [0.2, 0.25) is 0 Å². The third-order valence-electron chi connectivity index (χ3n) is 3.66. The number of benzene rings is 1. The number of piperidine rings is 1. The maximum Gasteiger partial charge on any atom is 0.414 e. The van der Waals surface area contributed by atoms with Crippen LogP contribution in [-0.2, 0) is 4.74 Å². The highest BCUT2D eigenvalue weighted by molar-refractivity contribution is 6.32. The molecule has 0 aliphatic carbocycles. The Kier molecular flexibility index (Phi) is 5.75. The predicted octanol–water partition coefficient (Wildman–Crippen LogP) is 1.87. The quantitative estimate of drug-likeness (QED) is 0.624. The predicted molar refractivity (Wildman–Crippen MR) is 89.6 cm³/mol. The lowest BCUT2D eigenvalue weighted by Crippen LogP contribution is -2.42. The van der Waals surface area contributed by atoms with Gasteiger partial charge in [-0.1, -0.05) is 12.0 Å². The van der Waals surface area contributed by atoms with Crippen LogP contribution in [0.5, 0.6) is 11.5 Å². The molecule has 0 N–H and O–H groups in total. The van der Waals surface area contributed by atoms with Crippen molar-refractivity contribution in [3.63, 3.8) is 0 Å². The van der Waals surface area contributed by atoms with Gasteiger partial charge < -0.3 is 19.1 Å². The molecule has 0 saturated carbocycles. The molecule has 24 heavy (non-hydrogen) atoms. The summed E-state index contributed by atoms with van der Waals surface area (Å²) in [6, 6.07) is 5.24. The Morgan fingerprint density at radius 2 is 2.08 bits per heavy atom.